The molecule has 0 aliphatic carbocycles. The van der Waals surface area contributed by atoms with Crippen molar-refractivity contribution in [2.45, 2.75) is 26.4 Å². The SMILES string of the molecule is C=C(N=CC)C(C)(C)O. The largest absolute Gasteiger partial charge is 0.384 e. The highest BCUT2D eigenvalue weighted by atomic mass is 16.3. The van der Waals surface area contributed by atoms with E-state index in [4.69, 9.17) is 0 Å². The first-order valence-corrected chi connectivity index (χ1v) is 2.89. The minimum Gasteiger partial charge on any atom is -0.384 e. The average Bonchev–Trinajstić information content (AvgIpc) is 1.64. The molecule has 0 aromatic rings. The summed E-state index contributed by atoms with van der Waals surface area (Å²) in [6.07, 6.45) is 1.61. The van der Waals surface area contributed by atoms with Crippen molar-refractivity contribution in [2.75, 3.05) is 0 Å². The fourth-order valence-corrected chi connectivity index (χ4v) is 0.314. The highest BCUT2D eigenvalue weighted by molar-refractivity contribution is 5.55. The molecule has 0 radical (unpaired) electrons. The van der Waals surface area contributed by atoms with Gasteiger partial charge in [0.1, 0.15) is 5.60 Å². The maximum atomic E-state index is 9.20. The van der Waals surface area contributed by atoms with Gasteiger partial charge in [0.15, 0.2) is 0 Å². The van der Waals surface area contributed by atoms with E-state index in [0.717, 1.165) is 0 Å². The van der Waals surface area contributed by atoms with Gasteiger partial charge in [0, 0.05) is 6.21 Å². The van der Waals surface area contributed by atoms with Gasteiger partial charge in [-0.05, 0) is 20.8 Å². The van der Waals surface area contributed by atoms with Gasteiger partial charge in [-0.3, -0.25) is 4.99 Å². The molecule has 0 rings (SSSR count). The molecule has 0 aromatic carbocycles. The molecule has 0 heterocycles. The highest BCUT2D eigenvalue weighted by Crippen LogP contribution is 2.12. The second-order valence-corrected chi connectivity index (χ2v) is 2.39. The van der Waals surface area contributed by atoms with Crippen LogP contribution in [0.5, 0.6) is 0 Å². The molecule has 52 valence electrons. The molecule has 2 heteroatoms. The summed E-state index contributed by atoms with van der Waals surface area (Å²) in [5, 5.41) is 9.20. The van der Waals surface area contributed by atoms with Crippen molar-refractivity contribution in [3.05, 3.63) is 12.3 Å². The summed E-state index contributed by atoms with van der Waals surface area (Å²) in [5.41, 5.74) is -0.392. The molecule has 0 unspecified atom stereocenters. The lowest BCUT2D eigenvalue weighted by atomic mass is 10.1. The zero-order valence-electron chi connectivity index (χ0n) is 6.18. The third kappa shape index (κ3) is 3.03. The Hall–Kier alpha value is -0.630. The first-order chi connectivity index (χ1) is 3.98. The summed E-state index contributed by atoms with van der Waals surface area (Å²) in [6, 6.07) is 0. The Kier molecular flexibility index (Phi) is 2.59. The van der Waals surface area contributed by atoms with E-state index in [9.17, 15) is 5.11 Å². The van der Waals surface area contributed by atoms with Crippen LogP contribution in [-0.2, 0) is 0 Å². The molecule has 0 saturated heterocycles. The Labute approximate surface area is 55.9 Å². The molecular weight excluding hydrogens is 114 g/mol. The van der Waals surface area contributed by atoms with Gasteiger partial charge in [-0.25, -0.2) is 0 Å². The lowest BCUT2D eigenvalue weighted by Crippen LogP contribution is -2.19. The van der Waals surface area contributed by atoms with Crippen molar-refractivity contribution < 1.29 is 5.11 Å². The van der Waals surface area contributed by atoms with Gasteiger partial charge in [0.05, 0.1) is 5.70 Å². The van der Waals surface area contributed by atoms with Gasteiger partial charge in [-0.15, -0.1) is 0 Å². The second-order valence-electron chi connectivity index (χ2n) is 2.39. The Balaban J connectivity index is 4.06. The molecule has 0 aromatic heterocycles. The predicted octanol–water partition coefficient (Wildman–Crippen LogP) is 1.36. The minimum atomic E-state index is -0.882. The first kappa shape index (κ1) is 8.37. The average molecular weight is 127 g/mol. The van der Waals surface area contributed by atoms with Gasteiger partial charge in [0.2, 0.25) is 0 Å². The first-order valence-electron chi connectivity index (χ1n) is 2.89. The molecule has 0 saturated carbocycles. The fraction of sp³-hybridized carbons (Fsp3) is 0.571. The normalized spacial score (nSPS) is 12.4. The third-order valence-electron chi connectivity index (χ3n) is 0.991. The zero-order valence-corrected chi connectivity index (χ0v) is 6.18. The molecular formula is C7H13NO. The van der Waals surface area contributed by atoms with Crippen LogP contribution in [0, 0.1) is 0 Å². The van der Waals surface area contributed by atoms with Crippen LogP contribution >= 0.6 is 0 Å². The van der Waals surface area contributed by atoms with Gasteiger partial charge < -0.3 is 5.11 Å². The van der Waals surface area contributed by atoms with Crippen molar-refractivity contribution in [3.8, 4) is 0 Å². The van der Waals surface area contributed by atoms with E-state index in [1.54, 1.807) is 27.0 Å². The number of aliphatic imine (C=N–C) groups is 1. The monoisotopic (exact) mass is 127 g/mol. The third-order valence-corrected chi connectivity index (χ3v) is 0.991. The van der Waals surface area contributed by atoms with E-state index in [0.29, 0.717) is 5.70 Å². The van der Waals surface area contributed by atoms with E-state index in [2.05, 4.69) is 11.6 Å². The van der Waals surface area contributed by atoms with Crippen molar-refractivity contribution in [1.82, 2.24) is 0 Å². The highest BCUT2D eigenvalue weighted by Gasteiger charge is 2.15. The molecule has 0 atom stereocenters. The number of nitrogens with zero attached hydrogens (tertiary/aromatic N) is 1. The predicted molar refractivity (Wildman–Crippen MR) is 39.6 cm³/mol. The van der Waals surface area contributed by atoms with E-state index in [1.807, 2.05) is 0 Å². The molecule has 0 amide bonds. The van der Waals surface area contributed by atoms with Gasteiger partial charge in [-0.2, -0.15) is 0 Å². The van der Waals surface area contributed by atoms with Crippen LogP contribution in [0.2, 0.25) is 0 Å². The fourth-order valence-electron chi connectivity index (χ4n) is 0.314. The van der Waals surface area contributed by atoms with Crippen LogP contribution in [0.3, 0.4) is 0 Å². The summed E-state index contributed by atoms with van der Waals surface area (Å²) in [5.74, 6) is 0. The standard InChI is InChI=1S/C7H13NO/c1-5-8-6(2)7(3,4)9/h5,9H,2H2,1,3-4H3. The topological polar surface area (TPSA) is 32.6 Å². The molecule has 0 fully saturated rings. The summed E-state index contributed by atoms with van der Waals surface area (Å²) in [4.78, 5) is 3.83. The quantitative estimate of drug-likeness (QED) is 0.558. The minimum absolute atomic E-state index is 0.491. The van der Waals surface area contributed by atoms with E-state index >= 15 is 0 Å². The molecule has 0 spiro atoms. The van der Waals surface area contributed by atoms with Crippen LogP contribution < -0.4 is 0 Å². The van der Waals surface area contributed by atoms with Crippen molar-refractivity contribution in [2.24, 2.45) is 4.99 Å². The molecule has 0 aliphatic heterocycles. The number of rotatable bonds is 2. The van der Waals surface area contributed by atoms with Crippen molar-refractivity contribution in [3.63, 3.8) is 0 Å². The van der Waals surface area contributed by atoms with Crippen LogP contribution in [0.25, 0.3) is 0 Å². The van der Waals surface area contributed by atoms with E-state index < -0.39 is 5.60 Å². The number of hydrogen-bond acceptors (Lipinski definition) is 2. The number of aliphatic hydroxyl groups is 1. The summed E-state index contributed by atoms with van der Waals surface area (Å²) >= 11 is 0. The molecule has 9 heavy (non-hydrogen) atoms. The Morgan fingerprint density at radius 1 is 1.67 bits per heavy atom. The Morgan fingerprint density at radius 2 is 2.11 bits per heavy atom. The smallest absolute Gasteiger partial charge is 0.100 e. The van der Waals surface area contributed by atoms with Crippen molar-refractivity contribution in [1.29, 1.82) is 0 Å². The van der Waals surface area contributed by atoms with E-state index in [-0.39, 0.29) is 0 Å². The maximum Gasteiger partial charge on any atom is 0.100 e. The Bertz CT molecular complexity index is 130. The second kappa shape index (κ2) is 2.78. The molecule has 1 N–H and O–H groups in total. The van der Waals surface area contributed by atoms with Crippen molar-refractivity contribution >= 4 is 6.21 Å². The van der Waals surface area contributed by atoms with Crippen LogP contribution in [0.4, 0.5) is 0 Å². The summed E-state index contributed by atoms with van der Waals surface area (Å²) in [7, 11) is 0. The molecule has 0 aliphatic rings. The maximum absolute atomic E-state index is 9.20. The molecule has 0 bridgehead atoms. The van der Waals surface area contributed by atoms with Crippen LogP contribution in [0.1, 0.15) is 20.8 Å². The summed E-state index contributed by atoms with van der Waals surface area (Å²) in [6.45, 7) is 8.67. The lowest BCUT2D eigenvalue weighted by Gasteiger charge is -2.15. The Morgan fingerprint density at radius 3 is 2.22 bits per heavy atom. The van der Waals surface area contributed by atoms with Gasteiger partial charge in [-0.1, -0.05) is 6.58 Å². The molecule has 2 nitrogen and oxygen atoms in total. The van der Waals surface area contributed by atoms with Crippen LogP contribution in [0.15, 0.2) is 17.3 Å². The lowest BCUT2D eigenvalue weighted by molar-refractivity contribution is 0.119. The van der Waals surface area contributed by atoms with Crippen LogP contribution in [-0.4, -0.2) is 16.9 Å². The van der Waals surface area contributed by atoms with Gasteiger partial charge >= 0.3 is 0 Å². The summed E-state index contributed by atoms with van der Waals surface area (Å²) < 4.78 is 0. The van der Waals surface area contributed by atoms with Gasteiger partial charge in [0.25, 0.3) is 0 Å². The van der Waals surface area contributed by atoms with E-state index in [1.165, 1.54) is 0 Å². The zero-order chi connectivity index (χ0) is 7.49. The number of hydrogen-bond donors (Lipinski definition) is 1.